The highest BCUT2D eigenvalue weighted by atomic mass is 79.9. The van der Waals surface area contributed by atoms with Gasteiger partial charge in [-0.05, 0) is 77.8 Å². The number of halogens is 1. The molecule has 0 spiro atoms. The summed E-state index contributed by atoms with van der Waals surface area (Å²) in [6.45, 7) is 3.22. The monoisotopic (exact) mass is 386 g/mol. The summed E-state index contributed by atoms with van der Waals surface area (Å²) in [5.74, 6) is 2.06. The summed E-state index contributed by atoms with van der Waals surface area (Å²) >= 11 is 3.49. The second-order valence-electron chi connectivity index (χ2n) is 5.34. The van der Waals surface area contributed by atoms with Crippen LogP contribution in [-0.4, -0.2) is 18.1 Å². The first kappa shape index (κ1) is 16.7. The third-order valence-corrected chi connectivity index (χ3v) is 4.21. The molecule has 0 atom stereocenters. The predicted molar refractivity (Wildman–Crippen MR) is 99.9 cm³/mol. The number of rotatable bonds is 6. The van der Waals surface area contributed by atoms with Gasteiger partial charge < -0.3 is 15.2 Å². The molecule has 124 valence electrons. The highest BCUT2D eigenvalue weighted by Crippen LogP contribution is 2.31. The van der Waals surface area contributed by atoms with Crippen molar-refractivity contribution in [2.45, 2.75) is 13.3 Å². The number of benzene rings is 2. The van der Waals surface area contributed by atoms with Gasteiger partial charge in [-0.15, -0.1) is 0 Å². The molecule has 2 N–H and O–H groups in total. The van der Waals surface area contributed by atoms with Gasteiger partial charge in [-0.1, -0.05) is 6.07 Å². The zero-order valence-electron chi connectivity index (χ0n) is 13.5. The van der Waals surface area contributed by atoms with Crippen molar-refractivity contribution in [1.29, 1.82) is 0 Å². The number of hydrogen-bond acceptors (Lipinski definition) is 4. The molecular formula is C19H19BrN2O2. The fourth-order valence-corrected chi connectivity index (χ4v) is 2.95. The average molecular weight is 387 g/mol. The van der Waals surface area contributed by atoms with Crippen LogP contribution in [0, 0.1) is 0 Å². The van der Waals surface area contributed by atoms with E-state index in [9.17, 15) is 0 Å². The quantitative estimate of drug-likeness (QED) is 0.667. The Morgan fingerprint density at radius 2 is 1.96 bits per heavy atom. The summed E-state index contributed by atoms with van der Waals surface area (Å²) in [7, 11) is 0. The predicted octanol–water partition coefficient (Wildman–Crippen LogP) is 4.69. The van der Waals surface area contributed by atoms with E-state index >= 15 is 0 Å². The van der Waals surface area contributed by atoms with Crippen LogP contribution >= 0.6 is 15.9 Å². The molecule has 4 nitrogen and oxygen atoms in total. The number of nitrogens with zero attached hydrogens (tertiary/aromatic N) is 1. The Hall–Kier alpha value is -2.11. The van der Waals surface area contributed by atoms with E-state index in [0.29, 0.717) is 24.8 Å². The third-order valence-electron chi connectivity index (χ3n) is 3.59. The molecule has 1 aromatic heterocycles. The zero-order valence-corrected chi connectivity index (χ0v) is 15.0. The molecule has 1 heterocycles. The van der Waals surface area contributed by atoms with Crippen molar-refractivity contribution in [3.63, 3.8) is 0 Å². The molecule has 0 aliphatic carbocycles. The lowest BCUT2D eigenvalue weighted by Gasteiger charge is -2.10. The van der Waals surface area contributed by atoms with Gasteiger partial charge in [0.25, 0.3) is 0 Å². The summed E-state index contributed by atoms with van der Waals surface area (Å²) in [5, 5.41) is 1.08. The molecule has 0 radical (unpaired) electrons. The maximum atomic E-state index is 5.86. The Morgan fingerprint density at radius 3 is 2.71 bits per heavy atom. The lowest BCUT2D eigenvalue weighted by atomic mass is 10.1. The van der Waals surface area contributed by atoms with Gasteiger partial charge >= 0.3 is 0 Å². The maximum Gasteiger partial charge on any atom is 0.219 e. The minimum Gasteiger partial charge on any atom is -0.493 e. The summed E-state index contributed by atoms with van der Waals surface area (Å²) in [4.78, 5) is 4.56. The Labute approximate surface area is 149 Å². The van der Waals surface area contributed by atoms with Gasteiger partial charge in [0.2, 0.25) is 5.88 Å². The molecule has 0 aliphatic rings. The lowest BCUT2D eigenvalue weighted by molar-refractivity contribution is 0.337. The van der Waals surface area contributed by atoms with Crippen molar-refractivity contribution >= 4 is 26.8 Å². The molecule has 0 aliphatic heterocycles. The highest BCUT2D eigenvalue weighted by molar-refractivity contribution is 9.10. The number of hydrogen-bond donors (Lipinski definition) is 1. The van der Waals surface area contributed by atoms with Crippen LogP contribution in [-0.2, 0) is 6.42 Å². The van der Waals surface area contributed by atoms with Crippen LogP contribution in [0.1, 0.15) is 12.5 Å². The van der Waals surface area contributed by atoms with Crippen molar-refractivity contribution in [1.82, 2.24) is 4.98 Å². The van der Waals surface area contributed by atoms with E-state index in [1.165, 1.54) is 5.56 Å². The summed E-state index contributed by atoms with van der Waals surface area (Å²) in [6.07, 6.45) is 0.869. The molecule has 0 saturated heterocycles. The molecule has 0 fully saturated rings. The Morgan fingerprint density at radius 1 is 1.08 bits per heavy atom. The van der Waals surface area contributed by atoms with E-state index < -0.39 is 0 Å². The van der Waals surface area contributed by atoms with Crippen molar-refractivity contribution in [3.05, 3.63) is 58.6 Å². The van der Waals surface area contributed by atoms with Crippen LogP contribution in [0.25, 0.3) is 10.9 Å². The van der Waals surface area contributed by atoms with Crippen molar-refractivity contribution < 1.29 is 9.47 Å². The van der Waals surface area contributed by atoms with Crippen LogP contribution in [0.2, 0.25) is 0 Å². The van der Waals surface area contributed by atoms with Crippen molar-refractivity contribution in [3.8, 4) is 17.4 Å². The first-order valence-corrected chi connectivity index (χ1v) is 8.69. The van der Waals surface area contributed by atoms with Crippen molar-refractivity contribution in [2.24, 2.45) is 5.73 Å². The first-order valence-electron chi connectivity index (χ1n) is 7.89. The maximum absolute atomic E-state index is 5.86. The molecule has 3 aromatic rings. The van der Waals surface area contributed by atoms with E-state index in [-0.39, 0.29) is 0 Å². The van der Waals surface area contributed by atoms with E-state index in [4.69, 9.17) is 15.2 Å². The normalized spacial score (nSPS) is 10.8. The molecule has 5 heteroatoms. The van der Waals surface area contributed by atoms with Gasteiger partial charge in [-0.25, -0.2) is 4.98 Å². The Bertz CT molecular complexity index is 852. The van der Waals surface area contributed by atoms with Crippen LogP contribution < -0.4 is 15.2 Å². The smallest absolute Gasteiger partial charge is 0.219 e. The van der Waals surface area contributed by atoms with Gasteiger partial charge in [0.1, 0.15) is 11.5 Å². The van der Waals surface area contributed by atoms with Crippen LogP contribution in [0.15, 0.2) is 53.0 Å². The molecule has 0 saturated carbocycles. The third kappa shape index (κ3) is 3.86. The zero-order chi connectivity index (χ0) is 16.9. The van der Waals surface area contributed by atoms with Gasteiger partial charge in [0.15, 0.2) is 0 Å². The van der Waals surface area contributed by atoms with E-state index in [2.05, 4.69) is 33.0 Å². The van der Waals surface area contributed by atoms with Crippen LogP contribution in [0.3, 0.4) is 0 Å². The standard InChI is InChI=1S/C19H19BrN2O2/c1-2-23-18-7-5-15(12-16(18)20)24-19-8-4-14-11-13(9-10-21)3-6-17(14)22-19/h3-8,11-12H,2,9-10,21H2,1H3. The molecule has 0 amide bonds. The number of nitrogens with two attached hydrogens (primary N) is 1. The molecule has 0 bridgehead atoms. The summed E-state index contributed by atoms with van der Waals surface area (Å²) in [6, 6.07) is 15.7. The minimum absolute atomic E-state index is 0.560. The van der Waals surface area contributed by atoms with E-state index in [0.717, 1.165) is 27.5 Å². The first-order chi connectivity index (χ1) is 11.7. The molecule has 0 unspecified atom stereocenters. The van der Waals surface area contributed by atoms with Gasteiger partial charge in [-0.2, -0.15) is 0 Å². The van der Waals surface area contributed by atoms with E-state index in [1.54, 1.807) is 0 Å². The fraction of sp³-hybridized carbons (Fsp3) is 0.211. The number of pyridine rings is 1. The van der Waals surface area contributed by atoms with Crippen LogP contribution in [0.4, 0.5) is 0 Å². The largest absolute Gasteiger partial charge is 0.493 e. The van der Waals surface area contributed by atoms with Gasteiger partial charge in [0.05, 0.1) is 16.6 Å². The minimum atomic E-state index is 0.560. The lowest BCUT2D eigenvalue weighted by Crippen LogP contribution is -2.02. The summed E-state index contributed by atoms with van der Waals surface area (Å²) in [5.41, 5.74) is 7.73. The topological polar surface area (TPSA) is 57.4 Å². The van der Waals surface area contributed by atoms with E-state index in [1.807, 2.05) is 43.3 Å². The second kappa shape index (κ2) is 7.64. The molecule has 2 aromatic carbocycles. The average Bonchev–Trinajstić information content (AvgIpc) is 2.58. The summed E-state index contributed by atoms with van der Waals surface area (Å²) < 4.78 is 12.2. The second-order valence-corrected chi connectivity index (χ2v) is 6.20. The SMILES string of the molecule is CCOc1ccc(Oc2ccc3cc(CCN)ccc3n2)cc1Br. The number of aromatic nitrogens is 1. The number of ether oxygens (including phenoxy) is 2. The van der Waals surface area contributed by atoms with Crippen molar-refractivity contribution in [2.75, 3.05) is 13.2 Å². The molecule has 24 heavy (non-hydrogen) atoms. The molecule has 3 rings (SSSR count). The molecular weight excluding hydrogens is 368 g/mol. The van der Waals surface area contributed by atoms with Crippen LogP contribution in [0.5, 0.6) is 17.4 Å². The highest BCUT2D eigenvalue weighted by Gasteiger charge is 2.06. The Balaban J connectivity index is 1.82. The van der Waals surface area contributed by atoms with Gasteiger partial charge in [-0.3, -0.25) is 0 Å². The fourth-order valence-electron chi connectivity index (χ4n) is 2.47. The number of fused-ring (bicyclic) bond motifs is 1. The van der Waals surface area contributed by atoms with Gasteiger partial charge in [0, 0.05) is 11.5 Å². The Kier molecular flexibility index (Phi) is 5.33.